The number of benzene rings is 1. The molecule has 0 aliphatic carbocycles. The lowest BCUT2D eigenvalue weighted by Gasteiger charge is -2.22. The normalized spacial score (nSPS) is 10.5. The second-order valence-corrected chi connectivity index (χ2v) is 4.69. The Morgan fingerprint density at radius 1 is 1.11 bits per heavy atom. The van der Waals surface area contributed by atoms with E-state index in [4.69, 9.17) is 9.47 Å². The topological polar surface area (TPSA) is 38.8 Å². The van der Waals surface area contributed by atoms with Crippen LogP contribution in [0.4, 0.5) is 0 Å². The summed E-state index contributed by atoms with van der Waals surface area (Å²) >= 11 is 4.22. The first kappa shape index (κ1) is 16.0. The number of carbonyl (C=O) groups is 1. The molecule has 5 heteroatoms. The highest BCUT2D eigenvalue weighted by atomic mass is 32.1. The molecule has 106 valence electrons. The molecule has 0 unspecified atom stereocenters. The lowest BCUT2D eigenvalue weighted by atomic mass is 10.2. The van der Waals surface area contributed by atoms with Crippen LogP contribution in [0.15, 0.2) is 29.2 Å². The molecular weight excluding hydrogens is 262 g/mol. The Morgan fingerprint density at radius 2 is 1.74 bits per heavy atom. The monoisotopic (exact) mass is 283 g/mol. The van der Waals surface area contributed by atoms with Crippen molar-refractivity contribution < 1.29 is 14.3 Å². The average molecular weight is 283 g/mol. The minimum Gasteiger partial charge on any atom is -0.385 e. The SMILES string of the molecule is COCCCN(CCOC)C(=O)c1ccc(S)cc1. The number of hydrogen-bond donors (Lipinski definition) is 1. The third-order valence-corrected chi connectivity index (χ3v) is 3.04. The van der Waals surface area contributed by atoms with Gasteiger partial charge < -0.3 is 14.4 Å². The summed E-state index contributed by atoms with van der Waals surface area (Å²) in [6, 6.07) is 7.22. The van der Waals surface area contributed by atoms with Gasteiger partial charge >= 0.3 is 0 Å². The van der Waals surface area contributed by atoms with Crippen LogP contribution in [0.25, 0.3) is 0 Å². The minimum absolute atomic E-state index is 0.0153. The van der Waals surface area contributed by atoms with Gasteiger partial charge in [0.25, 0.3) is 5.91 Å². The van der Waals surface area contributed by atoms with Gasteiger partial charge in [-0.15, -0.1) is 12.6 Å². The zero-order valence-electron chi connectivity index (χ0n) is 11.5. The van der Waals surface area contributed by atoms with E-state index in [-0.39, 0.29) is 5.91 Å². The maximum Gasteiger partial charge on any atom is 0.253 e. The van der Waals surface area contributed by atoms with Crippen molar-refractivity contribution in [2.45, 2.75) is 11.3 Å². The number of carbonyl (C=O) groups excluding carboxylic acids is 1. The Balaban J connectivity index is 2.66. The van der Waals surface area contributed by atoms with Gasteiger partial charge in [-0.25, -0.2) is 0 Å². The second-order valence-electron chi connectivity index (χ2n) is 4.18. The zero-order chi connectivity index (χ0) is 14.1. The Bertz CT molecular complexity index is 381. The maximum atomic E-state index is 12.4. The summed E-state index contributed by atoms with van der Waals surface area (Å²) in [6.45, 7) is 2.43. The zero-order valence-corrected chi connectivity index (χ0v) is 12.4. The molecule has 4 nitrogen and oxygen atoms in total. The molecule has 0 fully saturated rings. The van der Waals surface area contributed by atoms with E-state index < -0.39 is 0 Å². The molecule has 19 heavy (non-hydrogen) atoms. The van der Waals surface area contributed by atoms with Crippen molar-refractivity contribution in [3.63, 3.8) is 0 Å². The Hall–Kier alpha value is -1.04. The summed E-state index contributed by atoms with van der Waals surface area (Å²) in [7, 11) is 3.29. The molecule has 0 aliphatic rings. The smallest absolute Gasteiger partial charge is 0.253 e. The highest BCUT2D eigenvalue weighted by Crippen LogP contribution is 2.10. The van der Waals surface area contributed by atoms with Gasteiger partial charge in [0.05, 0.1) is 6.61 Å². The van der Waals surface area contributed by atoms with Crippen LogP contribution in [0, 0.1) is 0 Å². The fourth-order valence-electron chi connectivity index (χ4n) is 1.70. The van der Waals surface area contributed by atoms with Crippen molar-refractivity contribution in [1.82, 2.24) is 4.90 Å². The number of rotatable bonds is 8. The molecule has 0 saturated carbocycles. The Kier molecular flexibility index (Phi) is 7.55. The fraction of sp³-hybridized carbons (Fsp3) is 0.500. The largest absolute Gasteiger partial charge is 0.385 e. The molecule has 0 heterocycles. The number of ether oxygens (including phenoxy) is 2. The van der Waals surface area contributed by atoms with E-state index in [1.54, 1.807) is 31.3 Å². The summed E-state index contributed by atoms with van der Waals surface area (Å²) in [5, 5.41) is 0. The van der Waals surface area contributed by atoms with Crippen LogP contribution in [0.1, 0.15) is 16.8 Å². The summed E-state index contributed by atoms with van der Waals surface area (Å²) < 4.78 is 10.1. The predicted octanol–water partition coefficient (Wildman–Crippen LogP) is 2.10. The molecule has 0 bridgehead atoms. The molecule has 0 atom stereocenters. The van der Waals surface area contributed by atoms with Gasteiger partial charge in [-0.3, -0.25) is 4.79 Å². The second kappa shape index (κ2) is 8.96. The van der Waals surface area contributed by atoms with Gasteiger partial charge in [0, 0.05) is 44.4 Å². The molecule has 0 saturated heterocycles. The number of hydrogen-bond acceptors (Lipinski definition) is 4. The minimum atomic E-state index is 0.0153. The number of thiol groups is 1. The van der Waals surface area contributed by atoms with E-state index in [1.165, 1.54) is 0 Å². The van der Waals surface area contributed by atoms with Crippen molar-refractivity contribution in [3.8, 4) is 0 Å². The number of methoxy groups -OCH3 is 2. The van der Waals surface area contributed by atoms with Crippen LogP contribution in [0.2, 0.25) is 0 Å². The highest BCUT2D eigenvalue weighted by Gasteiger charge is 2.14. The Morgan fingerprint density at radius 3 is 2.32 bits per heavy atom. The molecule has 1 aromatic rings. The molecule has 0 aromatic heterocycles. The van der Waals surface area contributed by atoms with Crippen LogP contribution in [-0.4, -0.2) is 51.3 Å². The van der Waals surface area contributed by atoms with E-state index in [0.717, 1.165) is 11.3 Å². The molecule has 1 amide bonds. The van der Waals surface area contributed by atoms with Crippen LogP contribution >= 0.6 is 12.6 Å². The first-order chi connectivity index (χ1) is 9.19. The third-order valence-electron chi connectivity index (χ3n) is 2.74. The van der Waals surface area contributed by atoms with E-state index in [9.17, 15) is 4.79 Å². The summed E-state index contributed by atoms with van der Waals surface area (Å²) in [5.74, 6) is 0.0153. The van der Waals surface area contributed by atoms with Crippen molar-refractivity contribution >= 4 is 18.5 Å². The van der Waals surface area contributed by atoms with E-state index in [2.05, 4.69) is 12.6 Å². The summed E-state index contributed by atoms with van der Waals surface area (Å²) in [6.07, 6.45) is 0.816. The van der Waals surface area contributed by atoms with Crippen LogP contribution < -0.4 is 0 Å². The van der Waals surface area contributed by atoms with Crippen molar-refractivity contribution in [1.29, 1.82) is 0 Å². The summed E-state index contributed by atoms with van der Waals surface area (Å²) in [5.41, 5.74) is 0.673. The first-order valence-corrected chi connectivity index (χ1v) is 6.70. The van der Waals surface area contributed by atoms with Gasteiger partial charge in [-0.2, -0.15) is 0 Å². The first-order valence-electron chi connectivity index (χ1n) is 6.25. The average Bonchev–Trinajstić information content (AvgIpc) is 2.43. The molecule has 0 spiro atoms. The van der Waals surface area contributed by atoms with Gasteiger partial charge in [0.2, 0.25) is 0 Å². The molecule has 0 aliphatic heterocycles. The highest BCUT2D eigenvalue weighted by molar-refractivity contribution is 7.80. The van der Waals surface area contributed by atoms with Crippen molar-refractivity contribution in [2.24, 2.45) is 0 Å². The molecule has 1 rings (SSSR count). The van der Waals surface area contributed by atoms with E-state index in [1.807, 2.05) is 12.1 Å². The predicted molar refractivity (Wildman–Crippen MR) is 78.0 cm³/mol. The molecule has 0 N–H and O–H groups in total. The van der Waals surface area contributed by atoms with Gasteiger partial charge in [0.15, 0.2) is 0 Å². The molecular formula is C14H21NO3S. The van der Waals surface area contributed by atoms with Crippen molar-refractivity contribution in [2.75, 3.05) is 40.5 Å². The quantitative estimate of drug-likeness (QED) is 0.586. The van der Waals surface area contributed by atoms with Gasteiger partial charge in [-0.05, 0) is 30.7 Å². The van der Waals surface area contributed by atoms with E-state index in [0.29, 0.717) is 31.9 Å². The van der Waals surface area contributed by atoms with Gasteiger partial charge in [0.1, 0.15) is 0 Å². The molecule has 0 radical (unpaired) electrons. The number of amides is 1. The van der Waals surface area contributed by atoms with E-state index >= 15 is 0 Å². The van der Waals surface area contributed by atoms with Crippen molar-refractivity contribution in [3.05, 3.63) is 29.8 Å². The Labute approximate surface area is 120 Å². The summed E-state index contributed by atoms with van der Waals surface area (Å²) in [4.78, 5) is 15.0. The third kappa shape index (κ3) is 5.63. The maximum absolute atomic E-state index is 12.4. The van der Waals surface area contributed by atoms with Gasteiger partial charge in [-0.1, -0.05) is 0 Å². The van der Waals surface area contributed by atoms with Crippen LogP contribution in [-0.2, 0) is 9.47 Å². The van der Waals surface area contributed by atoms with Crippen LogP contribution in [0.3, 0.4) is 0 Å². The lowest BCUT2D eigenvalue weighted by Crippen LogP contribution is -2.35. The lowest BCUT2D eigenvalue weighted by molar-refractivity contribution is 0.0674. The standard InChI is InChI=1S/C14H21NO3S/c1-17-10-3-8-15(9-11-18-2)14(16)12-4-6-13(19)7-5-12/h4-7,19H,3,8-11H2,1-2H3. The fourth-order valence-corrected chi connectivity index (χ4v) is 1.85. The number of nitrogens with zero attached hydrogens (tertiary/aromatic N) is 1. The van der Waals surface area contributed by atoms with Crippen LogP contribution in [0.5, 0.6) is 0 Å². The molecule has 1 aromatic carbocycles.